The quantitative estimate of drug-likeness (QED) is 0.703. The highest BCUT2D eigenvalue weighted by atomic mass is 35.5. The Bertz CT molecular complexity index is 1010. The Morgan fingerprint density at radius 1 is 1.30 bits per heavy atom. The van der Waals surface area contributed by atoms with Gasteiger partial charge in [0.15, 0.2) is 0 Å². The molecule has 27 heavy (non-hydrogen) atoms. The molecule has 0 unspecified atom stereocenters. The summed E-state index contributed by atoms with van der Waals surface area (Å²) in [6, 6.07) is 6.77. The topological polar surface area (TPSA) is 89.2 Å². The van der Waals surface area contributed by atoms with Gasteiger partial charge in [0.1, 0.15) is 11.5 Å². The summed E-state index contributed by atoms with van der Waals surface area (Å²) in [4.78, 5) is 34.1. The number of nitrogens with zero attached hydrogens (tertiary/aromatic N) is 3. The van der Waals surface area contributed by atoms with E-state index in [1.165, 1.54) is 52.8 Å². The van der Waals surface area contributed by atoms with Crippen LogP contribution >= 0.6 is 22.9 Å². The highest BCUT2D eigenvalue weighted by molar-refractivity contribution is 7.09. The molecule has 0 aliphatic carbocycles. The molecule has 3 rings (SSSR count). The van der Waals surface area contributed by atoms with Gasteiger partial charge >= 0.3 is 0 Å². The number of pyridine rings is 1. The lowest BCUT2D eigenvalue weighted by Gasteiger charge is -2.22. The average Bonchev–Trinajstić information content (AvgIpc) is 3.05. The van der Waals surface area contributed by atoms with Crippen LogP contribution in [0.3, 0.4) is 0 Å². The zero-order valence-electron chi connectivity index (χ0n) is 14.1. The molecule has 2 aromatic heterocycles. The number of aromatic nitrogens is 2. The number of rotatable bonds is 5. The highest BCUT2D eigenvalue weighted by Crippen LogP contribution is 2.24. The van der Waals surface area contributed by atoms with E-state index in [1.807, 2.05) is 12.3 Å². The van der Waals surface area contributed by atoms with E-state index < -0.39 is 17.6 Å². The minimum atomic E-state index is -0.697. The molecular weight excluding hydrogens is 391 g/mol. The Labute approximate surface area is 163 Å². The normalized spacial score (nSPS) is 10.6. The van der Waals surface area contributed by atoms with E-state index in [0.29, 0.717) is 11.4 Å². The number of aryl methyl sites for hydroxylation is 1. The summed E-state index contributed by atoms with van der Waals surface area (Å²) in [6.45, 7) is 2.02. The second-order valence-corrected chi connectivity index (χ2v) is 7.11. The maximum atomic E-state index is 13.3. The van der Waals surface area contributed by atoms with E-state index in [9.17, 15) is 14.0 Å². The fourth-order valence-corrected chi connectivity index (χ4v) is 3.25. The van der Waals surface area contributed by atoms with Crippen LogP contribution in [0.25, 0.3) is 0 Å². The van der Waals surface area contributed by atoms with Gasteiger partial charge in [0.05, 0.1) is 27.8 Å². The fraction of sp³-hybridized carbons (Fsp3) is 0.111. The number of amides is 2. The molecule has 2 amide bonds. The molecule has 0 atom stereocenters. The number of anilines is 1. The lowest BCUT2D eigenvalue weighted by atomic mass is 10.2. The van der Waals surface area contributed by atoms with Crippen molar-refractivity contribution in [2.24, 2.45) is 5.73 Å². The molecule has 0 aliphatic heterocycles. The van der Waals surface area contributed by atoms with E-state index in [-0.39, 0.29) is 22.8 Å². The van der Waals surface area contributed by atoms with E-state index in [2.05, 4.69) is 9.97 Å². The molecule has 0 radical (unpaired) electrons. The first-order chi connectivity index (χ1) is 12.8. The van der Waals surface area contributed by atoms with Crippen LogP contribution in [0.1, 0.15) is 31.5 Å². The van der Waals surface area contributed by atoms with E-state index in [4.69, 9.17) is 17.3 Å². The van der Waals surface area contributed by atoms with Gasteiger partial charge in [-0.15, -0.1) is 11.3 Å². The SMILES string of the molecule is Cc1nc(CN(C(=O)c2ncc(C(N)=O)cc2Cl)c2ccc(F)cc2)cs1. The van der Waals surface area contributed by atoms with Crippen molar-refractivity contribution < 1.29 is 14.0 Å². The fourth-order valence-electron chi connectivity index (χ4n) is 2.40. The monoisotopic (exact) mass is 404 g/mol. The standard InChI is InChI=1S/C18H14ClFN4O2S/c1-10-23-13(9-27-10)8-24(14-4-2-12(20)3-5-14)18(26)16-15(19)6-11(7-22-16)17(21)25/h2-7,9H,8H2,1H3,(H2,21,25). The molecule has 0 fully saturated rings. The molecule has 0 saturated carbocycles. The van der Waals surface area contributed by atoms with Crippen molar-refractivity contribution in [3.8, 4) is 0 Å². The predicted octanol–water partition coefficient (Wildman–Crippen LogP) is 3.58. The van der Waals surface area contributed by atoms with Crippen LogP contribution < -0.4 is 10.6 Å². The van der Waals surface area contributed by atoms with Crippen molar-refractivity contribution in [3.05, 3.63) is 74.7 Å². The number of thiazole rings is 1. The lowest BCUT2D eigenvalue weighted by Crippen LogP contribution is -2.31. The van der Waals surface area contributed by atoms with Crippen LogP contribution in [0.4, 0.5) is 10.1 Å². The van der Waals surface area contributed by atoms with Crippen LogP contribution in [0, 0.1) is 12.7 Å². The molecule has 1 aromatic carbocycles. The van der Waals surface area contributed by atoms with E-state index in [0.717, 1.165) is 5.01 Å². The molecule has 138 valence electrons. The number of hydrogen-bond acceptors (Lipinski definition) is 5. The lowest BCUT2D eigenvalue weighted by molar-refractivity contribution is 0.0974. The zero-order chi connectivity index (χ0) is 19.6. The molecule has 2 N–H and O–H groups in total. The number of carbonyl (C=O) groups excluding carboxylic acids is 2. The Balaban J connectivity index is 2.00. The van der Waals surface area contributed by atoms with Gasteiger partial charge in [-0.3, -0.25) is 9.59 Å². The maximum absolute atomic E-state index is 13.3. The van der Waals surface area contributed by atoms with Crippen molar-refractivity contribution >= 4 is 40.4 Å². The van der Waals surface area contributed by atoms with Gasteiger partial charge in [-0.05, 0) is 37.3 Å². The van der Waals surface area contributed by atoms with Gasteiger partial charge in [0.25, 0.3) is 5.91 Å². The summed E-state index contributed by atoms with van der Waals surface area (Å²) < 4.78 is 13.3. The molecule has 0 saturated heterocycles. The second kappa shape index (κ2) is 7.81. The van der Waals surface area contributed by atoms with Crippen LogP contribution in [-0.4, -0.2) is 21.8 Å². The van der Waals surface area contributed by atoms with Gasteiger partial charge in [-0.25, -0.2) is 14.4 Å². The van der Waals surface area contributed by atoms with Crippen LogP contribution in [0.15, 0.2) is 41.9 Å². The Morgan fingerprint density at radius 3 is 2.56 bits per heavy atom. The minimum Gasteiger partial charge on any atom is -0.366 e. The molecule has 0 aliphatic rings. The first-order valence-corrected chi connectivity index (χ1v) is 9.04. The number of benzene rings is 1. The molecule has 0 spiro atoms. The molecular formula is C18H14ClFN4O2S. The van der Waals surface area contributed by atoms with Crippen molar-refractivity contribution in [2.75, 3.05) is 4.90 Å². The van der Waals surface area contributed by atoms with E-state index in [1.54, 1.807) is 0 Å². The van der Waals surface area contributed by atoms with Crippen LogP contribution in [-0.2, 0) is 6.54 Å². The second-order valence-electron chi connectivity index (χ2n) is 5.64. The Morgan fingerprint density at radius 2 is 2.00 bits per heavy atom. The first-order valence-electron chi connectivity index (χ1n) is 7.79. The Kier molecular flexibility index (Phi) is 5.48. The van der Waals surface area contributed by atoms with Gasteiger partial charge in [0.2, 0.25) is 5.91 Å². The van der Waals surface area contributed by atoms with Crippen LogP contribution in [0.2, 0.25) is 5.02 Å². The molecule has 9 heteroatoms. The largest absolute Gasteiger partial charge is 0.366 e. The Hall–Kier alpha value is -2.84. The van der Waals surface area contributed by atoms with Crippen LogP contribution in [0.5, 0.6) is 0 Å². The average molecular weight is 405 g/mol. The molecule has 6 nitrogen and oxygen atoms in total. The third-order valence-corrected chi connectivity index (χ3v) is 4.81. The van der Waals surface area contributed by atoms with Crippen molar-refractivity contribution in [2.45, 2.75) is 13.5 Å². The van der Waals surface area contributed by atoms with Crippen molar-refractivity contribution in [3.63, 3.8) is 0 Å². The summed E-state index contributed by atoms with van der Waals surface area (Å²) in [5.41, 5.74) is 6.40. The van der Waals surface area contributed by atoms with Crippen molar-refractivity contribution in [1.29, 1.82) is 0 Å². The van der Waals surface area contributed by atoms with Gasteiger partial charge in [-0.1, -0.05) is 11.6 Å². The summed E-state index contributed by atoms with van der Waals surface area (Å²) in [7, 11) is 0. The summed E-state index contributed by atoms with van der Waals surface area (Å²) in [5.74, 6) is -1.62. The summed E-state index contributed by atoms with van der Waals surface area (Å²) >= 11 is 7.60. The number of nitrogens with two attached hydrogens (primary N) is 1. The molecule has 2 heterocycles. The molecule has 3 aromatic rings. The van der Waals surface area contributed by atoms with Crippen molar-refractivity contribution in [1.82, 2.24) is 9.97 Å². The zero-order valence-corrected chi connectivity index (χ0v) is 15.7. The van der Waals surface area contributed by atoms with Gasteiger partial charge in [-0.2, -0.15) is 0 Å². The summed E-state index contributed by atoms with van der Waals surface area (Å²) in [6.07, 6.45) is 1.19. The third-order valence-electron chi connectivity index (χ3n) is 3.70. The van der Waals surface area contributed by atoms with E-state index >= 15 is 0 Å². The number of primary amides is 1. The third kappa shape index (κ3) is 4.29. The van der Waals surface area contributed by atoms with Gasteiger partial charge < -0.3 is 10.6 Å². The number of carbonyl (C=O) groups is 2. The summed E-state index contributed by atoms with van der Waals surface area (Å²) in [5, 5.41) is 2.70. The van der Waals surface area contributed by atoms with Gasteiger partial charge in [0, 0.05) is 17.3 Å². The predicted molar refractivity (Wildman–Crippen MR) is 102 cm³/mol. The smallest absolute Gasteiger partial charge is 0.278 e. The maximum Gasteiger partial charge on any atom is 0.278 e. The number of hydrogen-bond donors (Lipinski definition) is 1. The first kappa shape index (κ1) is 18.9. The minimum absolute atomic E-state index is 0.00197. The number of halogens is 2. The highest BCUT2D eigenvalue weighted by Gasteiger charge is 2.23. The molecule has 0 bridgehead atoms.